The quantitative estimate of drug-likeness (QED) is 0.204. The fourth-order valence-electron chi connectivity index (χ4n) is 5.54. The van der Waals surface area contributed by atoms with Gasteiger partial charge < -0.3 is 19.7 Å². The zero-order chi connectivity index (χ0) is 34.8. The Kier molecular flexibility index (Phi) is 13.6. The number of rotatable bonds is 14. The summed E-state index contributed by atoms with van der Waals surface area (Å²) in [5.41, 5.74) is 0.219. The highest BCUT2D eigenvalue weighted by molar-refractivity contribution is 5.93. The number of likely N-dealkylation sites (N-methyl/N-ethyl adjacent to an activating group) is 2. The second-order valence-corrected chi connectivity index (χ2v) is 13.4. The Hall–Kier alpha value is -4.14. The molecule has 0 aromatic heterocycles. The second-order valence-electron chi connectivity index (χ2n) is 13.4. The molecule has 0 bridgehead atoms. The molecule has 0 aliphatic carbocycles. The van der Waals surface area contributed by atoms with Gasteiger partial charge in [-0.3, -0.25) is 14.5 Å². The van der Waals surface area contributed by atoms with Crippen LogP contribution in [-0.2, 0) is 35.7 Å². The largest absolute Gasteiger partial charge is 0.463 e. The van der Waals surface area contributed by atoms with Gasteiger partial charge in [-0.25, -0.2) is 9.59 Å². The van der Waals surface area contributed by atoms with Crippen LogP contribution in [0.25, 0.3) is 0 Å². The summed E-state index contributed by atoms with van der Waals surface area (Å²) in [5.74, 6) is -1.36. The Bertz CT molecular complexity index is 1350. The lowest BCUT2D eigenvalue weighted by atomic mass is 9.76. The van der Waals surface area contributed by atoms with Crippen LogP contribution < -0.4 is 5.32 Å². The van der Waals surface area contributed by atoms with E-state index in [0.717, 1.165) is 16.7 Å². The fraction of sp³-hybridized carbons (Fsp3) is 0.514. The average molecular weight is 636 g/mol. The normalized spacial score (nSPS) is 13.6. The fourth-order valence-corrected chi connectivity index (χ4v) is 5.54. The first-order valence-electron chi connectivity index (χ1n) is 15.9. The van der Waals surface area contributed by atoms with Crippen molar-refractivity contribution in [3.8, 4) is 0 Å². The van der Waals surface area contributed by atoms with Gasteiger partial charge in [0.1, 0.15) is 12.1 Å². The minimum absolute atomic E-state index is 0.123. The topological polar surface area (TPSA) is 105 Å². The molecule has 0 aliphatic rings. The van der Waals surface area contributed by atoms with Crippen LogP contribution in [-0.4, -0.2) is 78.1 Å². The molecular formula is C37H53N3O6. The molecule has 0 fully saturated rings. The first-order valence-corrected chi connectivity index (χ1v) is 15.9. The zero-order valence-electron chi connectivity index (χ0n) is 29.4. The van der Waals surface area contributed by atoms with E-state index in [4.69, 9.17) is 9.47 Å². The number of esters is 1. The van der Waals surface area contributed by atoms with Gasteiger partial charge >= 0.3 is 12.1 Å². The van der Waals surface area contributed by atoms with Crippen LogP contribution in [0.4, 0.5) is 4.79 Å². The second kappa shape index (κ2) is 16.4. The molecule has 9 nitrogen and oxygen atoms in total. The number of carbonyl (C=O) groups is 4. The Labute approximate surface area is 275 Å². The van der Waals surface area contributed by atoms with Gasteiger partial charge in [0.05, 0.1) is 12.6 Å². The van der Waals surface area contributed by atoms with Gasteiger partial charge in [-0.15, -0.1) is 0 Å². The lowest BCUT2D eigenvalue weighted by molar-refractivity contribution is -0.162. The monoisotopic (exact) mass is 635 g/mol. The minimum Gasteiger partial charge on any atom is -0.463 e. The first kappa shape index (κ1) is 38.0. The number of allylic oxidation sites excluding steroid dienone is 1. The van der Waals surface area contributed by atoms with E-state index in [1.54, 1.807) is 18.9 Å². The van der Waals surface area contributed by atoms with Crippen molar-refractivity contribution in [3.63, 3.8) is 0 Å². The van der Waals surface area contributed by atoms with E-state index >= 15 is 0 Å². The molecule has 0 saturated heterocycles. The number of carbonyl (C=O) groups excluding carboxylic acids is 4. The average Bonchev–Trinajstić information content (AvgIpc) is 2.99. The molecule has 0 spiro atoms. The number of hydrogen-bond acceptors (Lipinski definition) is 6. The highest BCUT2D eigenvalue weighted by Crippen LogP contribution is 2.31. The lowest BCUT2D eigenvalue weighted by Crippen LogP contribution is -2.61. The van der Waals surface area contributed by atoms with E-state index in [9.17, 15) is 19.2 Å². The van der Waals surface area contributed by atoms with Crippen LogP contribution in [0.1, 0.15) is 73.4 Å². The van der Waals surface area contributed by atoms with Crippen LogP contribution in [0.3, 0.4) is 0 Å². The maximum atomic E-state index is 14.5. The molecule has 0 unspecified atom stereocenters. The maximum absolute atomic E-state index is 14.5. The third-order valence-electron chi connectivity index (χ3n) is 8.11. The van der Waals surface area contributed by atoms with Crippen LogP contribution in [0, 0.1) is 5.92 Å². The summed E-state index contributed by atoms with van der Waals surface area (Å²) in [6, 6.07) is 16.6. The van der Waals surface area contributed by atoms with Crippen molar-refractivity contribution < 1.29 is 28.7 Å². The molecule has 0 aliphatic heterocycles. The van der Waals surface area contributed by atoms with Gasteiger partial charge in [-0.1, -0.05) is 100 Å². The van der Waals surface area contributed by atoms with Gasteiger partial charge in [-0.05, 0) is 51.7 Å². The Morgan fingerprint density at radius 3 is 1.91 bits per heavy atom. The highest BCUT2D eigenvalue weighted by atomic mass is 16.6. The Morgan fingerprint density at radius 2 is 1.41 bits per heavy atom. The van der Waals surface area contributed by atoms with E-state index in [0.29, 0.717) is 0 Å². The van der Waals surface area contributed by atoms with Gasteiger partial charge in [0.2, 0.25) is 17.4 Å². The van der Waals surface area contributed by atoms with Crippen molar-refractivity contribution in [2.45, 2.75) is 97.9 Å². The maximum Gasteiger partial charge on any atom is 0.411 e. The molecule has 3 atom stereocenters. The summed E-state index contributed by atoms with van der Waals surface area (Å²) in [6.45, 7) is 16.5. The summed E-state index contributed by atoms with van der Waals surface area (Å²) in [4.78, 5) is 57.7. The Balaban J connectivity index is 2.58. The third-order valence-corrected chi connectivity index (χ3v) is 8.11. The smallest absolute Gasteiger partial charge is 0.411 e. The van der Waals surface area contributed by atoms with Crippen molar-refractivity contribution in [3.05, 3.63) is 83.4 Å². The number of benzene rings is 2. The molecule has 46 heavy (non-hydrogen) atoms. The molecule has 2 aromatic rings. The Morgan fingerprint density at radius 1 is 0.870 bits per heavy atom. The van der Waals surface area contributed by atoms with E-state index in [2.05, 4.69) is 25.2 Å². The molecule has 0 heterocycles. The standard InChI is InChI=1S/C37H53N3O6/c1-12-45-34(43)37(8,9)46-35(44)40(11)31(36(6,7)28-21-17-14-18-22-28)32(41)38-29(24-27-19-15-13-16-20-27)33(42)39(10)30(26(4)5)23-25(2)3/h13-23,26,29-31H,12,24H2,1-11H3,(H,38,41)/t29-,30+,31+/m0/s1. The van der Waals surface area contributed by atoms with Crippen molar-refractivity contribution in [2.24, 2.45) is 5.92 Å². The predicted octanol–water partition coefficient (Wildman–Crippen LogP) is 5.92. The molecule has 9 heteroatoms. The number of ether oxygens (including phenoxy) is 2. The van der Waals surface area contributed by atoms with Crippen molar-refractivity contribution in [1.29, 1.82) is 0 Å². The molecule has 3 amide bonds. The molecule has 252 valence electrons. The molecule has 1 N–H and O–H groups in total. The molecule has 2 rings (SSSR count). The van der Waals surface area contributed by atoms with Crippen LogP contribution in [0.15, 0.2) is 72.3 Å². The van der Waals surface area contributed by atoms with E-state index in [-0.39, 0.29) is 30.9 Å². The van der Waals surface area contributed by atoms with Crippen molar-refractivity contribution in [1.82, 2.24) is 15.1 Å². The first-order chi connectivity index (χ1) is 21.4. The minimum atomic E-state index is -1.59. The number of nitrogens with zero attached hydrogens (tertiary/aromatic N) is 2. The lowest BCUT2D eigenvalue weighted by Gasteiger charge is -2.41. The highest BCUT2D eigenvalue weighted by Gasteiger charge is 2.45. The van der Waals surface area contributed by atoms with Crippen LogP contribution >= 0.6 is 0 Å². The van der Waals surface area contributed by atoms with Crippen LogP contribution in [0.5, 0.6) is 0 Å². The number of nitrogens with one attached hydrogen (secondary N) is 1. The number of hydrogen-bond donors (Lipinski definition) is 1. The number of amides is 3. The van der Waals surface area contributed by atoms with E-state index in [1.165, 1.54) is 25.8 Å². The van der Waals surface area contributed by atoms with E-state index in [1.807, 2.05) is 88.4 Å². The summed E-state index contributed by atoms with van der Waals surface area (Å²) in [6.07, 6.45) is 1.42. The van der Waals surface area contributed by atoms with Crippen molar-refractivity contribution >= 4 is 23.9 Å². The SMILES string of the molecule is CCOC(=O)C(C)(C)OC(=O)N(C)[C@H](C(=O)N[C@@H](Cc1ccccc1)C(=O)N(C)[C@H](C=C(C)C)C(C)C)C(C)(C)c1ccccc1. The summed E-state index contributed by atoms with van der Waals surface area (Å²) in [5, 5.41) is 3.02. The van der Waals surface area contributed by atoms with Gasteiger partial charge in [0.25, 0.3) is 0 Å². The van der Waals surface area contributed by atoms with Gasteiger partial charge in [0, 0.05) is 25.9 Å². The predicted molar refractivity (Wildman–Crippen MR) is 181 cm³/mol. The van der Waals surface area contributed by atoms with E-state index < -0.39 is 41.1 Å². The molecular weight excluding hydrogens is 582 g/mol. The summed E-state index contributed by atoms with van der Waals surface area (Å²) in [7, 11) is 3.21. The molecule has 0 radical (unpaired) electrons. The van der Waals surface area contributed by atoms with Crippen molar-refractivity contribution in [2.75, 3.05) is 20.7 Å². The summed E-state index contributed by atoms with van der Waals surface area (Å²) < 4.78 is 10.7. The molecule has 2 aromatic carbocycles. The van der Waals surface area contributed by atoms with Gasteiger partial charge in [0.15, 0.2) is 0 Å². The molecule has 0 saturated carbocycles. The van der Waals surface area contributed by atoms with Crippen LogP contribution in [0.2, 0.25) is 0 Å². The van der Waals surface area contributed by atoms with Gasteiger partial charge in [-0.2, -0.15) is 0 Å². The zero-order valence-corrected chi connectivity index (χ0v) is 29.4. The summed E-state index contributed by atoms with van der Waals surface area (Å²) >= 11 is 0. The third kappa shape index (κ3) is 9.93.